The van der Waals surface area contributed by atoms with Gasteiger partial charge >= 0.3 is 0 Å². The van der Waals surface area contributed by atoms with Crippen LogP contribution in [0.1, 0.15) is 13.3 Å². The average Bonchev–Trinajstić information content (AvgIpc) is 1.88. The summed E-state index contributed by atoms with van der Waals surface area (Å²) in [6, 6.07) is 0. The average molecular weight is 182 g/mol. The van der Waals surface area contributed by atoms with Gasteiger partial charge in [-0.1, -0.05) is 6.92 Å². The van der Waals surface area contributed by atoms with Crippen molar-refractivity contribution in [3.8, 4) is 0 Å². The van der Waals surface area contributed by atoms with Crippen LogP contribution in [-0.2, 0) is 0 Å². The third kappa shape index (κ3) is 3.67. The lowest BCUT2D eigenvalue weighted by atomic mass is 10.3. The van der Waals surface area contributed by atoms with E-state index in [2.05, 4.69) is 5.32 Å². The second kappa shape index (κ2) is 5.79. The molecule has 0 aliphatic carbocycles. The largest absolute Gasteiger partial charge is 0.380 e. The fourth-order valence-corrected chi connectivity index (χ4v) is 0.562. The molecule has 3 N–H and O–H groups in total. The summed E-state index contributed by atoms with van der Waals surface area (Å²) in [5, 5.41) is 12.7. The van der Waals surface area contributed by atoms with Gasteiger partial charge in [-0.3, -0.25) is 10.1 Å². The molecule has 0 saturated carbocycles. The normalized spacial score (nSPS) is 11.1. The molecule has 0 rings (SSSR count). The smallest absolute Gasteiger partial charge is 0.285 e. The monoisotopic (exact) mass is 181 g/mol. The van der Waals surface area contributed by atoms with Crippen LogP contribution in [0.4, 0.5) is 0 Å². The Bertz CT molecular complexity index is 169. The van der Waals surface area contributed by atoms with Gasteiger partial charge in [0.25, 0.3) is 5.70 Å². The van der Waals surface area contributed by atoms with Crippen molar-refractivity contribution in [3.63, 3.8) is 0 Å². The van der Waals surface area contributed by atoms with Gasteiger partial charge < -0.3 is 11.1 Å². The molecule has 0 aromatic rings. The molecular weight excluding hydrogens is 170 g/mol. The van der Waals surface area contributed by atoms with Gasteiger partial charge in [0, 0.05) is 13.5 Å². The summed E-state index contributed by atoms with van der Waals surface area (Å²) in [4.78, 5) is 9.68. The van der Waals surface area contributed by atoms with Crippen LogP contribution in [0.2, 0.25) is 0 Å². The molecule has 0 aliphatic heterocycles. The summed E-state index contributed by atoms with van der Waals surface area (Å²) in [6.07, 6.45) is 0.333. The highest BCUT2D eigenvalue weighted by molar-refractivity contribution is 5.85. The van der Waals surface area contributed by atoms with E-state index in [0.717, 1.165) is 0 Å². The number of rotatable bonds is 3. The number of hydrogen-bond acceptors (Lipinski definition) is 4. The summed E-state index contributed by atoms with van der Waals surface area (Å²) >= 11 is 0. The molecule has 0 fully saturated rings. The fourth-order valence-electron chi connectivity index (χ4n) is 0.562. The Morgan fingerprint density at radius 3 is 2.27 bits per heavy atom. The molecule has 0 saturated heterocycles. The summed E-state index contributed by atoms with van der Waals surface area (Å²) in [7, 11) is 1.55. The van der Waals surface area contributed by atoms with Crippen LogP contribution in [0.15, 0.2) is 11.5 Å². The van der Waals surface area contributed by atoms with Crippen LogP contribution in [0.5, 0.6) is 0 Å². The number of nitro groups is 1. The number of halogens is 1. The summed E-state index contributed by atoms with van der Waals surface area (Å²) in [5.41, 5.74) is 5.29. The van der Waals surface area contributed by atoms with E-state index in [1.54, 1.807) is 14.0 Å². The van der Waals surface area contributed by atoms with Crippen molar-refractivity contribution < 1.29 is 4.92 Å². The van der Waals surface area contributed by atoms with E-state index in [0.29, 0.717) is 6.42 Å². The van der Waals surface area contributed by atoms with Gasteiger partial charge in [0.15, 0.2) is 5.82 Å². The number of allylic oxidation sites excluding steroid dienone is 1. The molecule has 66 valence electrons. The van der Waals surface area contributed by atoms with Gasteiger partial charge in [-0.15, -0.1) is 12.4 Å². The van der Waals surface area contributed by atoms with E-state index in [1.165, 1.54) is 0 Å². The first-order chi connectivity index (χ1) is 4.63. The van der Waals surface area contributed by atoms with Crippen LogP contribution in [-0.4, -0.2) is 12.0 Å². The Hall–Kier alpha value is -0.970. The van der Waals surface area contributed by atoms with Gasteiger partial charge in [0.2, 0.25) is 0 Å². The summed E-state index contributed by atoms with van der Waals surface area (Å²) in [6.45, 7) is 1.68. The maximum absolute atomic E-state index is 10.2. The van der Waals surface area contributed by atoms with Crippen molar-refractivity contribution in [1.29, 1.82) is 0 Å². The zero-order valence-electron chi connectivity index (χ0n) is 6.46. The molecular formula is C5H12ClN3O2. The molecule has 0 heterocycles. The highest BCUT2D eigenvalue weighted by Crippen LogP contribution is 2.01. The lowest BCUT2D eigenvalue weighted by Crippen LogP contribution is -2.20. The predicted molar refractivity (Wildman–Crippen MR) is 44.8 cm³/mol. The van der Waals surface area contributed by atoms with Crippen LogP contribution >= 0.6 is 12.4 Å². The van der Waals surface area contributed by atoms with Crippen molar-refractivity contribution in [1.82, 2.24) is 5.32 Å². The van der Waals surface area contributed by atoms with Gasteiger partial charge in [-0.25, -0.2) is 0 Å². The van der Waals surface area contributed by atoms with Crippen molar-refractivity contribution in [2.24, 2.45) is 5.73 Å². The Balaban J connectivity index is 0. The molecule has 5 nitrogen and oxygen atoms in total. The van der Waals surface area contributed by atoms with E-state index < -0.39 is 4.92 Å². The molecule has 0 spiro atoms. The van der Waals surface area contributed by atoms with Crippen molar-refractivity contribution in [3.05, 3.63) is 21.6 Å². The van der Waals surface area contributed by atoms with Gasteiger partial charge in [-0.05, 0) is 0 Å². The third-order valence-corrected chi connectivity index (χ3v) is 1.14. The second-order valence-corrected chi connectivity index (χ2v) is 1.72. The molecule has 0 unspecified atom stereocenters. The Morgan fingerprint density at radius 1 is 1.73 bits per heavy atom. The number of hydrogen-bond donors (Lipinski definition) is 2. The summed E-state index contributed by atoms with van der Waals surface area (Å²) < 4.78 is 0. The first kappa shape index (κ1) is 12.7. The lowest BCUT2D eigenvalue weighted by molar-refractivity contribution is -0.429. The van der Waals surface area contributed by atoms with E-state index in [9.17, 15) is 10.1 Å². The minimum atomic E-state index is -0.480. The van der Waals surface area contributed by atoms with Crippen LogP contribution in [0.3, 0.4) is 0 Å². The predicted octanol–water partition coefficient (Wildman–Crippen LogP) is 0.442. The second-order valence-electron chi connectivity index (χ2n) is 1.72. The molecule has 11 heavy (non-hydrogen) atoms. The molecule has 0 aromatic heterocycles. The van der Waals surface area contributed by atoms with Crippen LogP contribution in [0, 0.1) is 10.1 Å². The molecule has 0 bridgehead atoms. The molecule has 0 amide bonds. The zero-order valence-corrected chi connectivity index (χ0v) is 7.27. The third-order valence-electron chi connectivity index (χ3n) is 1.14. The SMILES string of the molecule is CCC(=C(N)NC)[N+](=O)[O-].Cl. The minimum absolute atomic E-state index is 0. The van der Waals surface area contributed by atoms with E-state index >= 15 is 0 Å². The fraction of sp³-hybridized carbons (Fsp3) is 0.600. The Labute approximate surface area is 71.2 Å². The maximum Gasteiger partial charge on any atom is 0.285 e. The Kier molecular flexibility index (Phi) is 6.67. The number of nitrogens with one attached hydrogen (secondary N) is 1. The zero-order chi connectivity index (χ0) is 8.15. The van der Waals surface area contributed by atoms with Crippen molar-refractivity contribution in [2.45, 2.75) is 13.3 Å². The lowest BCUT2D eigenvalue weighted by Gasteiger charge is -1.99. The molecule has 0 radical (unpaired) electrons. The molecule has 0 atom stereocenters. The Morgan fingerprint density at radius 2 is 2.18 bits per heavy atom. The van der Waals surface area contributed by atoms with Gasteiger partial charge in [-0.2, -0.15) is 0 Å². The quantitative estimate of drug-likeness (QED) is 0.489. The molecule has 0 aromatic carbocycles. The highest BCUT2D eigenvalue weighted by Gasteiger charge is 2.11. The van der Waals surface area contributed by atoms with E-state index in [1.807, 2.05) is 0 Å². The highest BCUT2D eigenvalue weighted by atomic mass is 35.5. The maximum atomic E-state index is 10.2. The van der Waals surface area contributed by atoms with Gasteiger partial charge in [0.05, 0.1) is 4.92 Å². The first-order valence-corrected chi connectivity index (χ1v) is 2.94. The topological polar surface area (TPSA) is 81.2 Å². The number of nitrogens with zero attached hydrogens (tertiary/aromatic N) is 1. The standard InChI is InChI=1S/C5H11N3O2.ClH/c1-3-4(8(9)10)5(6)7-2;/h7H,3,6H2,1-2H3;1H. The van der Waals surface area contributed by atoms with Gasteiger partial charge in [0.1, 0.15) is 0 Å². The van der Waals surface area contributed by atoms with E-state index in [4.69, 9.17) is 5.73 Å². The molecule has 0 aliphatic rings. The van der Waals surface area contributed by atoms with Crippen molar-refractivity contribution in [2.75, 3.05) is 7.05 Å². The molecule has 6 heteroatoms. The van der Waals surface area contributed by atoms with Crippen LogP contribution in [0.25, 0.3) is 0 Å². The van der Waals surface area contributed by atoms with E-state index in [-0.39, 0.29) is 23.9 Å². The number of nitrogens with two attached hydrogens (primary N) is 1. The van der Waals surface area contributed by atoms with Crippen LogP contribution < -0.4 is 11.1 Å². The van der Waals surface area contributed by atoms with Crippen molar-refractivity contribution >= 4 is 12.4 Å². The minimum Gasteiger partial charge on any atom is -0.380 e. The first-order valence-electron chi connectivity index (χ1n) is 2.94. The summed E-state index contributed by atoms with van der Waals surface area (Å²) in [5.74, 6) is 0.132.